The first-order valence-electron chi connectivity index (χ1n) is 6.04. The maximum absolute atomic E-state index is 10.9. The van der Waals surface area contributed by atoms with Crippen molar-refractivity contribution in [2.45, 2.75) is 6.92 Å². The highest BCUT2D eigenvalue weighted by molar-refractivity contribution is 7.80. The van der Waals surface area contributed by atoms with Gasteiger partial charge in [0.1, 0.15) is 11.5 Å². The van der Waals surface area contributed by atoms with Crippen molar-refractivity contribution < 1.29 is 14.3 Å². The number of nitrogens with zero attached hydrogens (tertiary/aromatic N) is 1. The molecule has 108 valence electrons. The predicted molar refractivity (Wildman–Crippen MR) is 83.8 cm³/mol. The highest BCUT2D eigenvalue weighted by atomic mass is 32.1. The number of carbonyl (C=O) groups is 1. The lowest BCUT2D eigenvalue weighted by Gasteiger charge is -2.07. The third kappa shape index (κ3) is 4.43. The molecule has 0 aliphatic rings. The van der Waals surface area contributed by atoms with Gasteiger partial charge in [0.05, 0.1) is 11.8 Å². The van der Waals surface area contributed by atoms with Gasteiger partial charge < -0.3 is 14.8 Å². The van der Waals surface area contributed by atoms with Crippen LogP contribution in [0, 0.1) is 6.92 Å². The minimum absolute atomic E-state index is 0.178. The van der Waals surface area contributed by atoms with Gasteiger partial charge in [-0.3, -0.25) is 5.43 Å². The van der Waals surface area contributed by atoms with Gasteiger partial charge in [-0.25, -0.2) is 4.79 Å². The van der Waals surface area contributed by atoms with E-state index < -0.39 is 5.97 Å². The van der Waals surface area contributed by atoms with E-state index in [-0.39, 0.29) is 10.7 Å². The number of furan rings is 1. The SMILES string of the molecule is Cc1ccc(/C=N/NC(=S)Nc2cccc(C(=O)O)c2)o1. The summed E-state index contributed by atoms with van der Waals surface area (Å²) in [7, 11) is 0. The number of benzene rings is 1. The van der Waals surface area contributed by atoms with Crippen molar-refractivity contribution in [1.82, 2.24) is 5.43 Å². The van der Waals surface area contributed by atoms with E-state index in [0.29, 0.717) is 11.4 Å². The molecule has 0 aliphatic carbocycles. The highest BCUT2D eigenvalue weighted by Crippen LogP contribution is 2.10. The number of nitrogens with one attached hydrogen (secondary N) is 2. The van der Waals surface area contributed by atoms with Crippen LogP contribution in [0.5, 0.6) is 0 Å². The Hall–Kier alpha value is -2.67. The number of thiocarbonyl (C=S) groups is 1. The Morgan fingerprint density at radius 3 is 2.86 bits per heavy atom. The molecule has 2 rings (SSSR count). The van der Waals surface area contributed by atoms with Crippen molar-refractivity contribution in [3.63, 3.8) is 0 Å². The molecule has 0 saturated heterocycles. The summed E-state index contributed by atoms with van der Waals surface area (Å²) in [5, 5.41) is 15.9. The fraction of sp³-hybridized carbons (Fsp3) is 0.0714. The third-order valence-corrected chi connectivity index (χ3v) is 2.68. The molecular formula is C14H13N3O3S. The van der Waals surface area contributed by atoms with Crippen LogP contribution >= 0.6 is 12.2 Å². The molecule has 7 heteroatoms. The molecule has 6 nitrogen and oxygen atoms in total. The number of hydrogen-bond acceptors (Lipinski definition) is 4. The van der Waals surface area contributed by atoms with Crippen molar-refractivity contribution in [1.29, 1.82) is 0 Å². The molecule has 0 unspecified atom stereocenters. The fourth-order valence-corrected chi connectivity index (χ4v) is 1.74. The first-order valence-corrected chi connectivity index (χ1v) is 6.45. The maximum atomic E-state index is 10.9. The summed E-state index contributed by atoms with van der Waals surface area (Å²) >= 11 is 5.05. The smallest absolute Gasteiger partial charge is 0.335 e. The Bertz CT molecular complexity index is 694. The van der Waals surface area contributed by atoms with Crippen molar-refractivity contribution in [2.24, 2.45) is 5.10 Å². The van der Waals surface area contributed by atoms with Crippen LogP contribution in [0.3, 0.4) is 0 Å². The predicted octanol–water partition coefficient (Wildman–Crippen LogP) is 2.61. The number of hydrazone groups is 1. The molecule has 1 heterocycles. The molecule has 2 aromatic rings. The molecule has 0 aliphatic heterocycles. The van der Waals surface area contributed by atoms with Gasteiger partial charge in [0.15, 0.2) is 5.11 Å². The quantitative estimate of drug-likeness (QED) is 0.457. The Morgan fingerprint density at radius 2 is 2.19 bits per heavy atom. The van der Waals surface area contributed by atoms with Crippen LogP contribution < -0.4 is 10.7 Å². The minimum Gasteiger partial charge on any atom is -0.478 e. The lowest BCUT2D eigenvalue weighted by molar-refractivity contribution is 0.0697. The Kier molecular flexibility index (Phi) is 4.68. The van der Waals surface area contributed by atoms with Crippen LogP contribution in [0.25, 0.3) is 0 Å². The Balaban J connectivity index is 1.91. The first kappa shape index (κ1) is 14.7. The summed E-state index contributed by atoms with van der Waals surface area (Å²) in [6.07, 6.45) is 1.49. The van der Waals surface area contributed by atoms with Gasteiger partial charge in [0, 0.05) is 5.69 Å². The zero-order chi connectivity index (χ0) is 15.2. The van der Waals surface area contributed by atoms with Gasteiger partial charge in [0.25, 0.3) is 0 Å². The summed E-state index contributed by atoms with van der Waals surface area (Å²) in [5.74, 6) is 0.405. The third-order valence-electron chi connectivity index (χ3n) is 2.49. The zero-order valence-electron chi connectivity index (χ0n) is 11.2. The van der Waals surface area contributed by atoms with E-state index in [4.69, 9.17) is 21.7 Å². The molecule has 21 heavy (non-hydrogen) atoms. The van der Waals surface area contributed by atoms with Crippen molar-refractivity contribution in [2.75, 3.05) is 5.32 Å². The average molecular weight is 303 g/mol. The Labute approximate surface area is 126 Å². The highest BCUT2D eigenvalue weighted by Gasteiger charge is 2.03. The second kappa shape index (κ2) is 6.67. The minimum atomic E-state index is -0.997. The molecule has 0 saturated carbocycles. The molecule has 0 bridgehead atoms. The van der Waals surface area contributed by atoms with E-state index in [2.05, 4.69) is 15.8 Å². The van der Waals surface area contributed by atoms with E-state index >= 15 is 0 Å². The number of carboxylic acids is 1. The number of hydrogen-bond donors (Lipinski definition) is 3. The monoisotopic (exact) mass is 303 g/mol. The number of aryl methyl sites for hydroxylation is 1. The molecule has 0 amide bonds. The second-order valence-corrected chi connectivity index (χ2v) is 4.57. The molecule has 0 fully saturated rings. The van der Waals surface area contributed by atoms with E-state index in [9.17, 15) is 4.79 Å². The normalized spacial score (nSPS) is 10.5. The van der Waals surface area contributed by atoms with Crippen molar-refractivity contribution >= 4 is 35.2 Å². The van der Waals surface area contributed by atoms with Crippen molar-refractivity contribution in [3.05, 3.63) is 53.5 Å². The fourth-order valence-electron chi connectivity index (χ4n) is 1.57. The van der Waals surface area contributed by atoms with Gasteiger partial charge in [-0.15, -0.1) is 0 Å². The number of rotatable bonds is 4. The van der Waals surface area contributed by atoms with Crippen LogP contribution in [0.1, 0.15) is 21.9 Å². The van der Waals surface area contributed by atoms with Gasteiger partial charge >= 0.3 is 5.97 Å². The van der Waals surface area contributed by atoms with Gasteiger partial charge in [0.2, 0.25) is 0 Å². The van der Waals surface area contributed by atoms with E-state index in [1.807, 2.05) is 13.0 Å². The van der Waals surface area contributed by atoms with Crippen LogP contribution in [0.2, 0.25) is 0 Å². The standard InChI is InChI=1S/C14H13N3O3S/c1-9-5-6-12(20-9)8-15-17-14(21)16-11-4-2-3-10(7-11)13(18)19/h2-8H,1H3,(H,18,19)(H2,16,17,21)/b15-8+. The van der Waals surface area contributed by atoms with Crippen LogP contribution in [-0.2, 0) is 0 Å². The molecule has 3 N–H and O–H groups in total. The van der Waals surface area contributed by atoms with Crippen LogP contribution in [-0.4, -0.2) is 22.4 Å². The number of carboxylic acid groups (broad SMARTS) is 1. The van der Waals surface area contributed by atoms with Gasteiger partial charge in [-0.05, 0) is 49.5 Å². The largest absolute Gasteiger partial charge is 0.478 e. The summed E-state index contributed by atoms with van der Waals surface area (Å²) in [5.41, 5.74) is 3.36. The van der Waals surface area contributed by atoms with Crippen LogP contribution in [0.4, 0.5) is 5.69 Å². The van der Waals surface area contributed by atoms with Crippen molar-refractivity contribution in [3.8, 4) is 0 Å². The molecule has 0 spiro atoms. The zero-order valence-corrected chi connectivity index (χ0v) is 12.0. The molecule has 1 aromatic heterocycles. The summed E-state index contributed by atoms with van der Waals surface area (Å²) in [6.45, 7) is 1.84. The van der Waals surface area contributed by atoms with E-state index in [1.54, 1.807) is 18.2 Å². The summed E-state index contributed by atoms with van der Waals surface area (Å²) < 4.78 is 5.31. The van der Waals surface area contributed by atoms with Gasteiger partial charge in [-0.2, -0.15) is 5.10 Å². The number of aromatic carboxylic acids is 1. The maximum Gasteiger partial charge on any atom is 0.335 e. The molecule has 0 atom stereocenters. The number of anilines is 1. The van der Waals surface area contributed by atoms with E-state index in [0.717, 1.165) is 5.76 Å². The Morgan fingerprint density at radius 1 is 1.38 bits per heavy atom. The lowest BCUT2D eigenvalue weighted by Crippen LogP contribution is -2.23. The lowest BCUT2D eigenvalue weighted by atomic mass is 10.2. The molecular weight excluding hydrogens is 290 g/mol. The second-order valence-electron chi connectivity index (χ2n) is 4.16. The van der Waals surface area contributed by atoms with E-state index in [1.165, 1.54) is 18.3 Å². The van der Waals surface area contributed by atoms with Crippen LogP contribution in [0.15, 0.2) is 45.9 Å². The topological polar surface area (TPSA) is 86.9 Å². The summed E-state index contributed by atoms with van der Waals surface area (Å²) in [6, 6.07) is 9.93. The molecule has 0 radical (unpaired) electrons. The first-order chi connectivity index (χ1) is 10.0. The van der Waals surface area contributed by atoms with Gasteiger partial charge in [-0.1, -0.05) is 6.07 Å². The average Bonchev–Trinajstić information content (AvgIpc) is 2.84. The molecule has 1 aromatic carbocycles. The summed E-state index contributed by atoms with van der Waals surface area (Å²) in [4.78, 5) is 10.9.